The summed E-state index contributed by atoms with van der Waals surface area (Å²) >= 11 is 0. The summed E-state index contributed by atoms with van der Waals surface area (Å²) in [4.78, 5) is 17.1. The molecule has 0 spiro atoms. The summed E-state index contributed by atoms with van der Waals surface area (Å²) in [5.41, 5.74) is 12.8. The van der Waals surface area contributed by atoms with Gasteiger partial charge in [-0.3, -0.25) is 0 Å². The number of aromatic nitrogens is 4. The second-order valence-corrected chi connectivity index (χ2v) is 10.1. The number of rotatable bonds is 4. The highest BCUT2D eigenvalue weighted by molar-refractivity contribution is 5.94. The molecule has 0 atom stereocenters. The molecule has 0 fully saturated rings. The lowest BCUT2D eigenvalue weighted by Crippen LogP contribution is -1.88. The van der Waals surface area contributed by atoms with E-state index in [0.29, 0.717) is 16.8 Å². The van der Waals surface area contributed by atoms with E-state index in [2.05, 4.69) is 59.5 Å². The Hall–Kier alpha value is -5.99. The SMILES string of the molecule is C=Cc1cccc(-c2c3nc(c(C#N)c4ccc([nH]4)c(-c4cccc(C=C)c4)c4nc(cc5ccc2[nH]5)C=C4)C=C3)c1. The molecule has 5 nitrogen and oxygen atoms in total. The van der Waals surface area contributed by atoms with Crippen LogP contribution in [0.4, 0.5) is 0 Å². The summed E-state index contributed by atoms with van der Waals surface area (Å²) in [7, 11) is 0. The smallest absolute Gasteiger partial charge is 0.104 e. The van der Waals surface area contributed by atoms with E-state index < -0.39 is 0 Å². The van der Waals surface area contributed by atoms with Gasteiger partial charge in [-0.15, -0.1) is 0 Å². The van der Waals surface area contributed by atoms with Crippen molar-refractivity contribution in [3.05, 3.63) is 131 Å². The fraction of sp³-hybridized carbons (Fsp3) is 0. The molecular weight excluding hydrogens is 514 g/mol. The maximum absolute atomic E-state index is 10.3. The number of benzene rings is 2. The fourth-order valence-corrected chi connectivity index (χ4v) is 5.51. The Morgan fingerprint density at radius 1 is 0.619 bits per heavy atom. The van der Waals surface area contributed by atoms with Crippen molar-refractivity contribution in [2.75, 3.05) is 0 Å². The van der Waals surface area contributed by atoms with Crippen molar-refractivity contribution in [3.63, 3.8) is 0 Å². The van der Waals surface area contributed by atoms with Crippen molar-refractivity contribution in [1.29, 1.82) is 5.26 Å². The van der Waals surface area contributed by atoms with Crippen molar-refractivity contribution >= 4 is 58.5 Å². The predicted molar refractivity (Wildman–Crippen MR) is 175 cm³/mol. The largest absolute Gasteiger partial charge is 0.355 e. The second kappa shape index (κ2) is 10.2. The van der Waals surface area contributed by atoms with Gasteiger partial charge in [-0.25, -0.2) is 9.97 Å². The molecule has 2 aliphatic heterocycles. The van der Waals surface area contributed by atoms with Crippen LogP contribution in [0.25, 0.3) is 80.8 Å². The molecule has 0 amide bonds. The molecule has 0 unspecified atom stereocenters. The van der Waals surface area contributed by atoms with E-state index in [1.54, 1.807) is 0 Å². The quantitative estimate of drug-likeness (QED) is 0.234. The van der Waals surface area contributed by atoms with Crippen LogP contribution < -0.4 is 0 Å². The first-order valence-corrected chi connectivity index (χ1v) is 13.6. The molecular formula is C37H25N5. The van der Waals surface area contributed by atoms with E-state index in [4.69, 9.17) is 9.97 Å². The molecule has 2 N–H and O–H groups in total. The van der Waals surface area contributed by atoms with Crippen molar-refractivity contribution in [1.82, 2.24) is 19.9 Å². The molecule has 8 bridgehead atoms. The lowest BCUT2D eigenvalue weighted by Gasteiger charge is -2.05. The first-order chi connectivity index (χ1) is 20.6. The molecule has 5 heteroatoms. The first kappa shape index (κ1) is 25.0. The van der Waals surface area contributed by atoms with Gasteiger partial charge in [-0.2, -0.15) is 5.26 Å². The van der Waals surface area contributed by atoms with Crippen LogP contribution in [0, 0.1) is 11.3 Å². The van der Waals surface area contributed by atoms with Crippen LogP contribution in [0.5, 0.6) is 0 Å². The predicted octanol–water partition coefficient (Wildman–Crippen LogP) is 9.15. The van der Waals surface area contributed by atoms with Crippen LogP contribution in [0.3, 0.4) is 0 Å². The van der Waals surface area contributed by atoms with Gasteiger partial charge in [0.1, 0.15) is 11.6 Å². The number of hydrogen-bond donors (Lipinski definition) is 2. The van der Waals surface area contributed by atoms with Gasteiger partial charge in [0.2, 0.25) is 0 Å². The first-order valence-electron chi connectivity index (χ1n) is 13.6. The van der Waals surface area contributed by atoms with Gasteiger partial charge in [-0.1, -0.05) is 61.7 Å². The summed E-state index contributed by atoms with van der Waals surface area (Å²) in [6.07, 6.45) is 11.6. The zero-order valence-corrected chi connectivity index (χ0v) is 22.7. The Labute approximate surface area is 243 Å². The summed E-state index contributed by atoms with van der Waals surface area (Å²) in [5.74, 6) is 0. The Bertz CT molecular complexity index is 2150. The molecule has 198 valence electrons. The number of fused-ring (bicyclic) bond motifs is 8. The van der Waals surface area contributed by atoms with Crippen LogP contribution in [-0.4, -0.2) is 19.9 Å². The van der Waals surface area contributed by atoms with E-state index in [1.807, 2.05) is 85.0 Å². The molecule has 0 radical (unpaired) electrons. The summed E-state index contributed by atoms with van der Waals surface area (Å²) in [5, 5.41) is 10.3. The lowest BCUT2D eigenvalue weighted by atomic mass is 10.0. The van der Waals surface area contributed by atoms with Gasteiger partial charge in [-0.05, 0) is 89.0 Å². The van der Waals surface area contributed by atoms with Gasteiger partial charge in [0, 0.05) is 27.7 Å². The van der Waals surface area contributed by atoms with Crippen molar-refractivity contribution in [2.45, 2.75) is 0 Å². The highest BCUT2D eigenvalue weighted by Gasteiger charge is 2.16. The zero-order chi connectivity index (χ0) is 28.6. The van der Waals surface area contributed by atoms with E-state index in [0.717, 1.165) is 67.0 Å². The van der Waals surface area contributed by atoms with Crippen molar-refractivity contribution in [2.24, 2.45) is 0 Å². The van der Waals surface area contributed by atoms with Crippen LogP contribution in [0.15, 0.2) is 92.0 Å². The van der Waals surface area contributed by atoms with Gasteiger partial charge < -0.3 is 9.97 Å². The van der Waals surface area contributed by atoms with Crippen molar-refractivity contribution in [3.8, 4) is 28.3 Å². The van der Waals surface area contributed by atoms with Gasteiger partial charge in [0.25, 0.3) is 0 Å². The number of nitriles is 1. The average Bonchev–Trinajstić information content (AvgIpc) is 3.84. The van der Waals surface area contributed by atoms with Gasteiger partial charge >= 0.3 is 0 Å². The molecule has 5 aromatic rings. The maximum atomic E-state index is 10.3. The molecule has 0 aliphatic carbocycles. The monoisotopic (exact) mass is 539 g/mol. The van der Waals surface area contributed by atoms with E-state index in [9.17, 15) is 5.26 Å². The van der Waals surface area contributed by atoms with Crippen LogP contribution >= 0.6 is 0 Å². The Morgan fingerprint density at radius 2 is 1.21 bits per heavy atom. The summed E-state index contributed by atoms with van der Waals surface area (Å²) in [6, 6.07) is 28.9. The third kappa shape index (κ3) is 4.38. The van der Waals surface area contributed by atoms with E-state index >= 15 is 0 Å². The second-order valence-electron chi connectivity index (χ2n) is 10.1. The molecule has 3 aromatic heterocycles. The van der Waals surface area contributed by atoms with Crippen molar-refractivity contribution < 1.29 is 0 Å². The fourth-order valence-electron chi connectivity index (χ4n) is 5.51. The Kier molecular flexibility index (Phi) is 6.07. The molecule has 5 heterocycles. The highest BCUT2D eigenvalue weighted by Crippen LogP contribution is 2.34. The Balaban J connectivity index is 1.61. The van der Waals surface area contributed by atoms with Gasteiger partial charge in [0.05, 0.1) is 28.3 Å². The van der Waals surface area contributed by atoms with Crippen LogP contribution in [0.1, 0.15) is 39.5 Å². The minimum atomic E-state index is 0.467. The normalized spacial score (nSPS) is 11.8. The maximum Gasteiger partial charge on any atom is 0.104 e. The molecule has 0 saturated heterocycles. The average molecular weight is 540 g/mol. The number of H-pyrrole nitrogens is 2. The number of hydrogen-bond acceptors (Lipinski definition) is 3. The summed E-state index contributed by atoms with van der Waals surface area (Å²) < 4.78 is 0. The molecule has 0 saturated carbocycles. The molecule has 42 heavy (non-hydrogen) atoms. The lowest BCUT2D eigenvalue weighted by molar-refractivity contribution is 1.30. The molecule has 7 rings (SSSR count). The number of aromatic amines is 2. The standard InChI is InChI=1S/C37H25N5/c1-3-23-7-5-9-25(19-23)36-32-13-11-27(39-32)21-28-12-14-33(40-28)37(26-10-6-8-24(4-2)20-26)35-18-16-31(42-35)29(22-38)30-15-17-34(36)41-30/h3-21,39,42H,1-2H2. The highest BCUT2D eigenvalue weighted by atomic mass is 14.8. The number of nitrogens with one attached hydrogen (secondary N) is 2. The third-order valence-corrected chi connectivity index (χ3v) is 7.51. The Morgan fingerprint density at radius 3 is 1.90 bits per heavy atom. The zero-order valence-electron chi connectivity index (χ0n) is 22.7. The molecule has 2 aromatic carbocycles. The molecule has 2 aliphatic rings. The van der Waals surface area contributed by atoms with E-state index in [-0.39, 0.29) is 0 Å². The van der Waals surface area contributed by atoms with Crippen LogP contribution in [-0.2, 0) is 0 Å². The minimum Gasteiger partial charge on any atom is -0.355 e. The van der Waals surface area contributed by atoms with Crippen LogP contribution in [0.2, 0.25) is 0 Å². The summed E-state index contributed by atoms with van der Waals surface area (Å²) in [6.45, 7) is 7.88. The van der Waals surface area contributed by atoms with E-state index in [1.165, 1.54) is 0 Å². The topological polar surface area (TPSA) is 81.2 Å². The third-order valence-electron chi connectivity index (χ3n) is 7.51. The number of nitrogens with zero attached hydrogens (tertiary/aromatic N) is 3. The minimum absolute atomic E-state index is 0.467. The van der Waals surface area contributed by atoms with Gasteiger partial charge in [0.15, 0.2) is 0 Å².